The molecule has 1 aromatic rings. The number of halogens is 3. The van der Waals surface area contributed by atoms with E-state index in [1.165, 1.54) is 25.0 Å². The zero-order valence-electron chi connectivity index (χ0n) is 9.63. The predicted molar refractivity (Wildman–Crippen MR) is 70.1 cm³/mol. The molecule has 1 nitrogen and oxygen atoms in total. The van der Waals surface area contributed by atoms with Crippen molar-refractivity contribution in [2.45, 2.75) is 19.4 Å². The lowest BCUT2D eigenvalue weighted by Crippen LogP contribution is -2.35. The minimum atomic E-state index is -0.281. The third-order valence-corrected chi connectivity index (χ3v) is 4.02. The topological polar surface area (TPSA) is 3.24 Å². The maximum absolute atomic E-state index is 12.9. The monoisotopic (exact) mass is 275 g/mol. The van der Waals surface area contributed by atoms with Gasteiger partial charge in [-0.3, -0.25) is 4.90 Å². The molecule has 1 heterocycles. The third-order valence-electron chi connectivity index (χ3n) is 3.23. The Hall–Kier alpha value is -0.310. The Bertz CT molecular complexity index is 384. The minimum absolute atomic E-state index is 0.281. The fourth-order valence-electron chi connectivity index (χ4n) is 2.31. The first kappa shape index (κ1) is 13.1. The smallest absolute Gasteiger partial charge is 0.124 e. The SMILES string of the molecule is Fc1ccc(CN2CCCC(CCl)C2)c(Cl)c1. The Morgan fingerprint density at radius 1 is 1.41 bits per heavy atom. The van der Waals surface area contributed by atoms with E-state index in [1.54, 1.807) is 6.07 Å². The molecule has 2 rings (SSSR count). The summed E-state index contributed by atoms with van der Waals surface area (Å²) in [5, 5.41) is 0.512. The third kappa shape index (κ3) is 3.57. The zero-order valence-corrected chi connectivity index (χ0v) is 11.1. The molecule has 0 radical (unpaired) electrons. The van der Waals surface area contributed by atoms with Crippen LogP contribution in [-0.2, 0) is 6.54 Å². The van der Waals surface area contributed by atoms with Gasteiger partial charge in [-0.25, -0.2) is 4.39 Å². The van der Waals surface area contributed by atoms with Crippen molar-refractivity contribution in [1.29, 1.82) is 0 Å². The molecule has 17 heavy (non-hydrogen) atoms. The van der Waals surface area contributed by atoms with Crippen LogP contribution in [0.3, 0.4) is 0 Å². The lowest BCUT2D eigenvalue weighted by Gasteiger charge is -2.31. The van der Waals surface area contributed by atoms with Gasteiger partial charge < -0.3 is 0 Å². The number of hydrogen-bond acceptors (Lipinski definition) is 1. The number of likely N-dealkylation sites (tertiary alicyclic amines) is 1. The number of benzene rings is 1. The molecule has 4 heteroatoms. The molecule has 0 saturated carbocycles. The maximum Gasteiger partial charge on any atom is 0.124 e. The summed E-state index contributed by atoms with van der Waals surface area (Å²) in [5.74, 6) is 1.01. The van der Waals surface area contributed by atoms with E-state index in [4.69, 9.17) is 23.2 Å². The van der Waals surface area contributed by atoms with Crippen molar-refractivity contribution in [3.8, 4) is 0 Å². The van der Waals surface area contributed by atoms with Gasteiger partial charge in [-0.05, 0) is 43.0 Å². The highest BCUT2D eigenvalue weighted by Gasteiger charge is 2.19. The maximum atomic E-state index is 12.9. The Morgan fingerprint density at radius 2 is 2.24 bits per heavy atom. The van der Waals surface area contributed by atoms with Crippen molar-refractivity contribution in [2.24, 2.45) is 5.92 Å². The number of alkyl halides is 1. The molecule has 94 valence electrons. The lowest BCUT2D eigenvalue weighted by atomic mass is 9.99. The standard InChI is InChI=1S/C13H16Cl2FN/c14-7-10-2-1-5-17(8-10)9-11-3-4-12(16)6-13(11)15/h3-4,6,10H,1-2,5,7-9H2. The van der Waals surface area contributed by atoms with Crippen LogP contribution in [0.15, 0.2) is 18.2 Å². The molecular weight excluding hydrogens is 260 g/mol. The van der Waals surface area contributed by atoms with Gasteiger partial charge in [-0.15, -0.1) is 11.6 Å². The van der Waals surface area contributed by atoms with E-state index < -0.39 is 0 Å². The van der Waals surface area contributed by atoms with Crippen molar-refractivity contribution in [3.63, 3.8) is 0 Å². The van der Waals surface area contributed by atoms with Gasteiger partial charge in [-0.2, -0.15) is 0 Å². The van der Waals surface area contributed by atoms with Crippen LogP contribution in [0.2, 0.25) is 5.02 Å². The van der Waals surface area contributed by atoms with E-state index >= 15 is 0 Å². The van der Waals surface area contributed by atoms with Crippen LogP contribution >= 0.6 is 23.2 Å². The fourth-order valence-corrected chi connectivity index (χ4v) is 2.79. The van der Waals surface area contributed by atoms with Gasteiger partial charge >= 0.3 is 0 Å². The Morgan fingerprint density at radius 3 is 2.94 bits per heavy atom. The van der Waals surface area contributed by atoms with Gasteiger partial charge in [0.15, 0.2) is 0 Å². The van der Waals surface area contributed by atoms with E-state index in [0.717, 1.165) is 25.2 Å². The van der Waals surface area contributed by atoms with E-state index in [-0.39, 0.29) is 5.82 Å². The molecule has 0 aliphatic carbocycles. The number of rotatable bonds is 3. The molecule has 1 fully saturated rings. The summed E-state index contributed by atoms with van der Waals surface area (Å²) >= 11 is 11.9. The predicted octanol–water partition coefficient (Wildman–Crippen LogP) is 3.93. The molecule has 1 aliphatic rings. The van der Waals surface area contributed by atoms with Crippen LogP contribution in [0.1, 0.15) is 18.4 Å². The first-order valence-electron chi connectivity index (χ1n) is 5.91. The summed E-state index contributed by atoms with van der Waals surface area (Å²) in [7, 11) is 0. The van der Waals surface area contributed by atoms with Crippen LogP contribution in [0.4, 0.5) is 4.39 Å². The number of hydrogen-bond donors (Lipinski definition) is 0. The molecule has 0 amide bonds. The number of piperidine rings is 1. The molecule has 0 N–H and O–H groups in total. The second-order valence-corrected chi connectivity index (χ2v) is 5.35. The average Bonchev–Trinajstić information content (AvgIpc) is 2.33. The summed E-state index contributed by atoms with van der Waals surface area (Å²) in [6.07, 6.45) is 2.38. The summed E-state index contributed by atoms with van der Waals surface area (Å²) in [5.41, 5.74) is 0.989. The Kier molecular flexibility index (Phi) is 4.66. The molecule has 1 atom stereocenters. The van der Waals surface area contributed by atoms with Gasteiger partial charge in [-0.1, -0.05) is 17.7 Å². The Labute approximate surface area is 112 Å². The summed E-state index contributed by atoms with van der Waals surface area (Å²) in [6.45, 7) is 2.87. The van der Waals surface area contributed by atoms with E-state index in [9.17, 15) is 4.39 Å². The highest BCUT2D eigenvalue weighted by Crippen LogP contribution is 2.23. The first-order chi connectivity index (χ1) is 8.19. The van der Waals surface area contributed by atoms with Crippen LogP contribution in [0, 0.1) is 11.7 Å². The molecule has 0 bridgehead atoms. The van der Waals surface area contributed by atoms with Gasteiger partial charge in [0, 0.05) is 24.0 Å². The van der Waals surface area contributed by atoms with Gasteiger partial charge in [0.2, 0.25) is 0 Å². The van der Waals surface area contributed by atoms with Crippen LogP contribution in [0.25, 0.3) is 0 Å². The van der Waals surface area contributed by atoms with Crippen molar-refractivity contribution in [2.75, 3.05) is 19.0 Å². The normalized spacial score (nSPS) is 21.7. The lowest BCUT2D eigenvalue weighted by molar-refractivity contribution is 0.178. The van der Waals surface area contributed by atoms with Crippen LogP contribution < -0.4 is 0 Å². The summed E-state index contributed by atoms with van der Waals surface area (Å²) < 4.78 is 12.9. The van der Waals surface area contributed by atoms with Gasteiger partial charge in [0.1, 0.15) is 5.82 Å². The van der Waals surface area contributed by atoms with E-state index in [0.29, 0.717) is 16.8 Å². The average molecular weight is 276 g/mol. The van der Waals surface area contributed by atoms with E-state index in [2.05, 4.69) is 4.90 Å². The molecule has 1 aliphatic heterocycles. The molecule has 1 aromatic carbocycles. The summed E-state index contributed by atoms with van der Waals surface area (Å²) in [6, 6.07) is 4.60. The largest absolute Gasteiger partial charge is 0.299 e. The van der Waals surface area contributed by atoms with Crippen molar-refractivity contribution >= 4 is 23.2 Å². The van der Waals surface area contributed by atoms with Crippen LogP contribution in [0.5, 0.6) is 0 Å². The Balaban J connectivity index is 2.00. The van der Waals surface area contributed by atoms with E-state index in [1.807, 2.05) is 0 Å². The van der Waals surface area contributed by atoms with Crippen molar-refractivity contribution < 1.29 is 4.39 Å². The highest BCUT2D eigenvalue weighted by molar-refractivity contribution is 6.31. The molecular formula is C13H16Cl2FN. The number of nitrogens with zero attached hydrogens (tertiary/aromatic N) is 1. The minimum Gasteiger partial charge on any atom is -0.299 e. The highest BCUT2D eigenvalue weighted by atomic mass is 35.5. The summed E-state index contributed by atoms with van der Waals surface area (Å²) in [4.78, 5) is 2.34. The molecule has 0 spiro atoms. The van der Waals surface area contributed by atoms with Crippen molar-refractivity contribution in [1.82, 2.24) is 4.90 Å². The zero-order chi connectivity index (χ0) is 12.3. The fraction of sp³-hybridized carbons (Fsp3) is 0.538. The molecule has 0 aromatic heterocycles. The van der Waals surface area contributed by atoms with Gasteiger partial charge in [0.05, 0.1) is 0 Å². The molecule has 1 saturated heterocycles. The molecule has 1 unspecified atom stereocenters. The second-order valence-electron chi connectivity index (χ2n) is 4.63. The van der Waals surface area contributed by atoms with Crippen molar-refractivity contribution in [3.05, 3.63) is 34.6 Å². The first-order valence-corrected chi connectivity index (χ1v) is 6.82. The van der Waals surface area contributed by atoms with Gasteiger partial charge in [0.25, 0.3) is 0 Å². The second kappa shape index (κ2) is 6.03. The quantitative estimate of drug-likeness (QED) is 0.756. The van der Waals surface area contributed by atoms with Crippen LogP contribution in [-0.4, -0.2) is 23.9 Å².